The van der Waals surface area contributed by atoms with Crippen LogP contribution in [0.15, 0.2) is 114 Å². The van der Waals surface area contributed by atoms with Crippen molar-refractivity contribution in [2.24, 2.45) is 0 Å². The monoisotopic (exact) mass is 451 g/mol. The Balaban J connectivity index is 1.51. The molecule has 0 saturated carbocycles. The number of hydrogen-bond acceptors (Lipinski definition) is 3. The highest BCUT2D eigenvalue weighted by Gasteiger charge is 2.20. The highest BCUT2D eigenvalue weighted by atomic mass is 16.3. The number of imidazole rings is 1. The Morgan fingerprint density at radius 3 is 2.29 bits per heavy atom. The number of nitrogens with zero attached hydrogens (tertiary/aromatic N) is 3. The third-order valence-electron chi connectivity index (χ3n) is 6.52. The molecule has 0 unspecified atom stereocenters. The van der Waals surface area contributed by atoms with Crippen LogP contribution in [0.5, 0.6) is 0 Å². The second kappa shape index (κ2) is 7.67. The molecule has 7 rings (SSSR count). The average Bonchev–Trinajstić information content (AvgIpc) is 3.47. The van der Waals surface area contributed by atoms with E-state index >= 15 is 0 Å². The summed E-state index contributed by atoms with van der Waals surface area (Å²) in [6.45, 7) is 1.99. The van der Waals surface area contributed by atoms with Crippen molar-refractivity contribution in [2.75, 3.05) is 0 Å². The van der Waals surface area contributed by atoms with Crippen molar-refractivity contribution in [1.29, 1.82) is 0 Å². The molecule has 3 aromatic heterocycles. The number of benzene rings is 4. The number of aryl methyl sites for hydroxylation is 1. The predicted molar refractivity (Wildman–Crippen MR) is 142 cm³/mol. The molecule has 35 heavy (non-hydrogen) atoms. The van der Waals surface area contributed by atoms with Gasteiger partial charge < -0.3 is 4.42 Å². The van der Waals surface area contributed by atoms with Crippen LogP contribution in [0.1, 0.15) is 5.69 Å². The minimum absolute atomic E-state index is 0.725. The van der Waals surface area contributed by atoms with Crippen LogP contribution < -0.4 is 0 Å². The molecule has 166 valence electrons. The molecular formula is C31H21N3O. The van der Waals surface area contributed by atoms with E-state index in [4.69, 9.17) is 14.4 Å². The van der Waals surface area contributed by atoms with Gasteiger partial charge in [-0.15, -0.1) is 0 Å². The topological polar surface area (TPSA) is 43.9 Å². The third-order valence-corrected chi connectivity index (χ3v) is 6.52. The van der Waals surface area contributed by atoms with Crippen LogP contribution in [0.3, 0.4) is 0 Å². The molecule has 4 heteroatoms. The standard InChI is InChI=1S/C31H21N3O/c1-20-15-18-27-30(32-20)33-31(34(27)23-11-6-3-7-12-23)26-14-8-13-25-24-17-16-22(19-28(24)35-29(25)26)21-9-4-2-5-10-21/h2-19H,1H3. The van der Waals surface area contributed by atoms with Crippen LogP contribution in [0.2, 0.25) is 0 Å². The molecule has 0 fully saturated rings. The molecule has 0 N–H and O–H groups in total. The van der Waals surface area contributed by atoms with Gasteiger partial charge in [0.15, 0.2) is 11.5 Å². The number of fused-ring (bicyclic) bond motifs is 4. The smallest absolute Gasteiger partial charge is 0.178 e. The third kappa shape index (κ3) is 3.15. The Morgan fingerprint density at radius 2 is 1.46 bits per heavy atom. The van der Waals surface area contributed by atoms with Gasteiger partial charge in [0.25, 0.3) is 0 Å². The van der Waals surface area contributed by atoms with Gasteiger partial charge in [-0.2, -0.15) is 0 Å². The molecule has 0 bridgehead atoms. The highest BCUT2D eigenvalue weighted by molar-refractivity contribution is 6.10. The maximum atomic E-state index is 6.54. The summed E-state index contributed by atoms with van der Waals surface area (Å²) in [5, 5.41) is 2.17. The molecule has 0 aliphatic carbocycles. The molecule has 0 amide bonds. The van der Waals surface area contributed by atoms with E-state index in [0.717, 1.165) is 61.4 Å². The zero-order valence-electron chi connectivity index (χ0n) is 19.1. The van der Waals surface area contributed by atoms with Gasteiger partial charge in [-0.05, 0) is 60.5 Å². The Hall–Kier alpha value is -4.70. The lowest BCUT2D eigenvalue weighted by Gasteiger charge is -2.09. The molecule has 4 aromatic carbocycles. The van der Waals surface area contributed by atoms with Crippen LogP contribution in [0.4, 0.5) is 0 Å². The van der Waals surface area contributed by atoms with Gasteiger partial charge in [-0.3, -0.25) is 4.57 Å². The van der Waals surface area contributed by atoms with Gasteiger partial charge in [0, 0.05) is 22.2 Å². The van der Waals surface area contributed by atoms with E-state index in [1.807, 2.05) is 37.3 Å². The Labute approximate surface area is 202 Å². The van der Waals surface area contributed by atoms with Gasteiger partial charge in [0.05, 0.1) is 11.1 Å². The number of rotatable bonds is 3. The van der Waals surface area contributed by atoms with E-state index in [1.54, 1.807) is 0 Å². The van der Waals surface area contributed by atoms with Crippen LogP contribution >= 0.6 is 0 Å². The molecule has 7 aromatic rings. The lowest BCUT2D eigenvalue weighted by Crippen LogP contribution is -1.97. The molecule has 0 radical (unpaired) electrons. The largest absolute Gasteiger partial charge is 0.455 e. The van der Waals surface area contributed by atoms with Crippen molar-refractivity contribution in [3.8, 4) is 28.2 Å². The first-order valence-electron chi connectivity index (χ1n) is 11.7. The highest BCUT2D eigenvalue weighted by Crippen LogP contribution is 2.38. The number of para-hydroxylation sites is 2. The van der Waals surface area contributed by atoms with Crippen LogP contribution in [-0.4, -0.2) is 14.5 Å². The Morgan fingerprint density at radius 1 is 0.657 bits per heavy atom. The van der Waals surface area contributed by atoms with Gasteiger partial charge in [0.2, 0.25) is 0 Å². The first-order valence-corrected chi connectivity index (χ1v) is 11.7. The second-order valence-corrected chi connectivity index (χ2v) is 8.76. The number of hydrogen-bond donors (Lipinski definition) is 0. The zero-order valence-corrected chi connectivity index (χ0v) is 19.1. The fourth-order valence-electron chi connectivity index (χ4n) is 4.86. The summed E-state index contributed by atoms with van der Waals surface area (Å²) in [5.41, 5.74) is 8.62. The lowest BCUT2D eigenvalue weighted by atomic mass is 10.0. The van der Waals surface area contributed by atoms with Crippen molar-refractivity contribution in [1.82, 2.24) is 14.5 Å². The summed E-state index contributed by atoms with van der Waals surface area (Å²) in [5.74, 6) is 0.817. The van der Waals surface area contributed by atoms with Crippen molar-refractivity contribution < 1.29 is 4.42 Å². The molecule has 0 aliphatic rings. The molecule has 0 aliphatic heterocycles. The normalized spacial score (nSPS) is 11.6. The van der Waals surface area contributed by atoms with E-state index in [2.05, 4.69) is 83.4 Å². The summed E-state index contributed by atoms with van der Waals surface area (Å²) >= 11 is 0. The van der Waals surface area contributed by atoms with Crippen molar-refractivity contribution >= 4 is 33.1 Å². The summed E-state index contributed by atoms with van der Waals surface area (Å²) in [7, 11) is 0. The SMILES string of the molecule is Cc1ccc2c(n1)nc(-c1cccc3c1oc1cc(-c4ccccc4)ccc13)n2-c1ccccc1. The molecule has 4 nitrogen and oxygen atoms in total. The molecule has 3 heterocycles. The quantitative estimate of drug-likeness (QED) is 0.274. The van der Waals surface area contributed by atoms with E-state index < -0.39 is 0 Å². The van der Waals surface area contributed by atoms with E-state index in [-0.39, 0.29) is 0 Å². The van der Waals surface area contributed by atoms with E-state index in [9.17, 15) is 0 Å². The van der Waals surface area contributed by atoms with Gasteiger partial charge in [-0.1, -0.05) is 66.7 Å². The summed E-state index contributed by atoms with van der Waals surface area (Å²) in [6.07, 6.45) is 0. The number of furan rings is 1. The summed E-state index contributed by atoms with van der Waals surface area (Å²) in [4.78, 5) is 9.71. The average molecular weight is 452 g/mol. The van der Waals surface area contributed by atoms with Crippen LogP contribution in [-0.2, 0) is 0 Å². The first kappa shape index (κ1) is 19.7. The first-order chi connectivity index (χ1) is 17.3. The lowest BCUT2D eigenvalue weighted by molar-refractivity contribution is 0.669. The van der Waals surface area contributed by atoms with E-state index in [0.29, 0.717) is 0 Å². The van der Waals surface area contributed by atoms with Gasteiger partial charge in [-0.25, -0.2) is 9.97 Å². The fourth-order valence-corrected chi connectivity index (χ4v) is 4.86. The predicted octanol–water partition coefficient (Wildman–Crippen LogP) is 7.96. The van der Waals surface area contributed by atoms with Crippen LogP contribution in [0, 0.1) is 6.92 Å². The summed E-state index contributed by atoms with van der Waals surface area (Å²) < 4.78 is 8.70. The fraction of sp³-hybridized carbons (Fsp3) is 0.0323. The minimum Gasteiger partial charge on any atom is -0.455 e. The van der Waals surface area contributed by atoms with Crippen LogP contribution in [0.25, 0.3) is 61.3 Å². The van der Waals surface area contributed by atoms with Crippen molar-refractivity contribution in [2.45, 2.75) is 6.92 Å². The van der Waals surface area contributed by atoms with Crippen molar-refractivity contribution in [3.05, 3.63) is 115 Å². The maximum Gasteiger partial charge on any atom is 0.178 e. The van der Waals surface area contributed by atoms with Gasteiger partial charge >= 0.3 is 0 Å². The second-order valence-electron chi connectivity index (χ2n) is 8.76. The van der Waals surface area contributed by atoms with Gasteiger partial charge in [0.1, 0.15) is 11.2 Å². The number of pyridine rings is 1. The molecule has 0 saturated heterocycles. The number of aromatic nitrogens is 3. The zero-order chi connectivity index (χ0) is 23.4. The molecular weight excluding hydrogens is 430 g/mol. The Bertz CT molecular complexity index is 1850. The maximum absolute atomic E-state index is 6.54. The van der Waals surface area contributed by atoms with E-state index in [1.165, 1.54) is 5.56 Å². The molecule has 0 spiro atoms. The summed E-state index contributed by atoms with van der Waals surface area (Å²) in [6, 6.07) is 37.5. The molecule has 0 atom stereocenters. The van der Waals surface area contributed by atoms with Crippen molar-refractivity contribution in [3.63, 3.8) is 0 Å². The Kier molecular flexibility index (Phi) is 4.33. The minimum atomic E-state index is 0.725.